The van der Waals surface area contributed by atoms with Gasteiger partial charge in [-0.05, 0) is 46.9 Å². The van der Waals surface area contributed by atoms with E-state index in [1.807, 2.05) is 13.1 Å². The van der Waals surface area contributed by atoms with Crippen molar-refractivity contribution in [3.8, 4) is 0 Å². The van der Waals surface area contributed by atoms with Crippen LogP contribution >= 0.6 is 11.6 Å². The van der Waals surface area contributed by atoms with Gasteiger partial charge in [0.1, 0.15) is 0 Å². The standard InChI is InChI=1S/C12H14ClN5/c1-18-12(15-16-17-18)7-14-9-4-5-10(8-2-3-8)11(13)6-9/h4-6,8,14H,2-3,7H2,1H3. The third kappa shape index (κ3) is 2.31. The van der Waals surface area contributed by atoms with Gasteiger partial charge in [-0.2, -0.15) is 0 Å². The van der Waals surface area contributed by atoms with E-state index in [0.29, 0.717) is 12.5 Å². The summed E-state index contributed by atoms with van der Waals surface area (Å²) in [6, 6.07) is 6.14. The highest BCUT2D eigenvalue weighted by molar-refractivity contribution is 6.31. The summed E-state index contributed by atoms with van der Waals surface area (Å²) < 4.78 is 1.65. The number of benzene rings is 1. The Balaban J connectivity index is 1.69. The average molecular weight is 264 g/mol. The van der Waals surface area contributed by atoms with Crippen LogP contribution < -0.4 is 5.32 Å². The van der Waals surface area contributed by atoms with E-state index in [2.05, 4.69) is 33.0 Å². The molecule has 1 aliphatic carbocycles. The second kappa shape index (κ2) is 4.57. The lowest BCUT2D eigenvalue weighted by Crippen LogP contribution is -2.06. The number of hydrogen-bond donors (Lipinski definition) is 1. The van der Waals surface area contributed by atoms with Crippen LogP contribution in [0.3, 0.4) is 0 Å². The number of anilines is 1. The summed E-state index contributed by atoms with van der Waals surface area (Å²) in [5.74, 6) is 1.46. The van der Waals surface area contributed by atoms with Gasteiger partial charge in [0.15, 0.2) is 5.82 Å². The van der Waals surface area contributed by atoms with Gasteiger partial charge in [-0.3, -0.25) is 0 Å². The van der Waals surface area contributed by atoms with Gasteiger partial charge in [-0.1, -0.05) is 17.7 Å². The maximum absolute atomic E-state index is 6.27. The fourth-order valence-electron chi connectivity index (χ4n) is 1.94. The summed E-state index contributed by atoms with van der Waals surface area (Å²) in [6.07, 6.45) is 2.52. The Morgan fingerprint density at radius 3 is 2.89 bits per heavy atom. The van der Waals surface area contributed by atoms with Crippen molar-refractivity contribution in [1.29, 1.82) is 0 Å². The smallest absolute Gasteiger partial charge is 0.170 e. The first-order valence-corrected chi connectivity index (χ1v) is 6.36. The highest BCUT2D eigenvalue weighted by atomic mass is 35.5. The molecule has 2 aromatic rings. The molecular formula is C12H14ClN5. The Kier molecular flexibility index (Phi) is 2.91. The summed E-state index contributed by atoms with van der Waals surface area (Å²) in [7, 11) is 1.82. The van der Waals surface area contributed by atoms with Gasteiger partial charge >= 0.3 is 0 Å². The number of hydrogen-bond acceptors (Lipinski definition) is 4. The Labute approximate surface area is 110 Å². The molecule has 18 heavy (non-hydrogen) atoms. The van der Waals surface area contributed by atoms with Crippen LogP contribution in [0, 0.1) is 0 Å². The zero-order valence-electron chi connectivity index (χ0n) is 10.1. The van der Waals surface area contributed by atoms with Gasteiger partial charge < -0.3 is 5.32 Å². The minimum absolute atomic E-state index is 0.586. The molecule has 1 N–H and O–H groups in total. The molecule has 0 bridgehead atoms. The molecule has 1 saturated carbocycles. The second-order valence-corrected chi connectivity index (χ2v) is 4.99. The van der Waals surface area contributed by atoms with Crippen molar-refractivity contribution in [2.45, 2.75) is 25.3 Å². The van der Waals surface area contributed by atoms with Crippen LogP contribution in [0.25, 0.3) is 0 Å². The summed E-state index contributed by atoms with van der Waals surface area (Å²) >= 11 is 6.27. The highest BCUT2D eigenvalue weighted by Gasteiger charge is 2.25. The molecule has 6 heteroatoms. The monoisotopic (exact) mass is 263 g/mol. The van der Waals surface area contributed by atoms with E-state index in [-0.39, 0.29) is 0 Å². The van der Waals surface area contributed by atoms with E-state index >= 15 is 0 Å². The molecule has 5 nitrogen and oxygen atoms in total. The third-order valence-electron chi connectivity index (χ3n) is 3.18. The molecule has 0 amide bonds. The number of aryl methyl sites for hydroxylation is 1. The van der Waals surface area contributed by atoms with Crippen molar-refractivity contribution in [1.82, 2.24) is 20.2 Å². The third-order valence-corrected chi connectivity index (χ3v) is 3.50. The van der Waals surface area contributed by atoms with Crippen LogP contribution in [0.1, 0.15) is 30.1 Å². The minimum Gasteiger partial charge on any atom is -0.378 e. The molecule has 1 aromatic heterocycles. The molecule has 0 saturated heterocycles. The number of nitrogens with zero attached hydrogens (tertiary/aromatic N) is 4. The van der Waals surface area contributed by atoms with Gasteiger partial charge in [-0.15, -0.1) is 5.10 Å². The summed E-state index contributed by atoms with van der Waals surface area (Å²) in [5.41, 5.74) is 2.26. The Morgan fingerprint density at radius 1 is 1.44 bits per heavy atom. The molecule has 1 aliphatic rings. The summed E-state index contributed by atoms with van der Waals surface area (Å²) in [6.45, 7) is 0.586. The molecule has 0 spiro atoms. The van der Waals surface area contributed by atoms with E-state index < -0.39 is 0 Å². The van der Waals surface area contributed by atoms with E-state index in [0.717, 1.165) is 16.5 Å². The molecule has 0 radical (unpaired) electrons. The van der Waals surface area contributed by atoms with Crippen LogP contribution in [-0.2, 0) is 13.6 Å². The molecule has 0 atom stereocenters. The number of halogens is 1. The molecule has 1 fully saturated rings. The number of rotatable bonds is 4. The SMILES string of the molecule is Cn1nnnc1CNc1ccc(C2CC2)c(Cl)c1. The van der Waals surface area contributed by atoms with Crippen molar-refractivity contribution in [3.05, 3.63) is 34.6 Å². The first-order chi connectivity index (χ1) is 8.74. The molecular weight excluding hydrogens is 250 g/mol. The molecule has 3 rings (SSSR count). The van der Waals surface area contributed by atoms with E-state index in [9.17, 15) is 0 Å². The van der Waals surface area contributed by atoms with Gasteiger partial charge in [0.05, 0.1) is 6.54 Å². The van der Waals surface area contributed by atoms with Crippen molar-refractivity contribution in [3.63, 3.8) is 0 Å². The lowest BCUT2D eigenvalue weighted by atomic mass is 10.1. The predicted octanol–water partition coefficient (Wildman–Crippen LogP) is 2.35. The Morgan fingerprint density at radius 2 is 2.28 bits per heavy atom. The maximum Gasteiger partial charge on any atom is 0.170 e. The predicted molar refractivity (Wildman–Crippen MR) is 69.6 cm³/mol. The van der Waals surface area contributed by atoms with Crippen LogP contribution in [-0.4, -0.2) is 20.2 Å². The lowest BCUT2D eigenvalue weighted by Gasteiger charge is -2.08. The molecule has 94 valence electrons. The highest BCUT2D eigenvalue weighted by Crippen LogP contribution is 2.43. The van der Waals surface area contributed by atoms with Crippen molar-refractivity contribution < 1.29 is 0 Å². The fourth-order valence-corrected chi connectivity index (χ4v) is 2.28. The number of aromatic nitrogens is 4. The van der Waals surface area contributed by atoms with Crippen LogP contribution in [0.4, 0.5) is 5.69 Å². The zero-order valence-corrected chi connectivity index (χ0v) is 10.9. The Bertz CT molecular complexity index is 561. The number of tetrazole rings is 1. The zero-order chi connectivity index (χ0) is 12.5. The van der Waals surface area contributed by atoms with Gasteiger partial charge in [0.2, 0.25) is 0 Å². The average Bonchev–Trinajstić information content (AvgIpc) is 3.10. The first-order valence-electron chi connectivity index (χ1n) is 5.98. The van der Waals surface area contributed by atoms with Crippen LogP contribution in [0.5, 0.6) is 0 Å². The first kappa shape index (κ1) is 11.5. The largest absolute Gasteiger partial charge is 0.378 e. The molecule has 0 aliphatic heterocycles. The molecule has 0 unspecified atom stereocenters. The van der Waals surface area contributed by atoms with E-state index in [1.54, 1.807) is 4.68 Å². The van der Waals surface area contributed by atoms with Crippen molar-refractivity contribution in [2.24, 2.45) is 7.05 Å². The van der Waals surface area contributed by atoms with Crippen molar-refractivity contribution >= 4 is 17.3 Å². The fraction of sp³-hybridized carbons (Fsp3) is 0.417. The second-order valence-electron chi connectivity index (χ2n) is 4.58. The van der Waals surface area contributed by atoms with Crippen LogP contribution in [0.15, 0.2) is 18.2 Å². The van der Waals surface area contributed by atoms with Crippen LogP contribution in [0.2, 0.25) is 5.02 Å². The van der Waals surface area contributed by atoms with Crippen molar-refractivity contribution in [2.75, 3.05) is 5.32 Å². The topological polar surface area (TPSA) is 55.6 Å². The number of nitrogens with one attached hydrogen (secondary N) is 1. The summed E-state index contributed by atoms with van der Waals surface area (Å²) in [4.78, 5) is 0. The quantitative estimate of drug-likeness (QED) is 0.920. The Hall–Kier alpha value is -1.62. The van der Waals surface area contributed by atoms with Gasteiger partial charge in [0, 0.05) is 17.8 Å². The molecule has 1 aromatic carbocycles. The van der Waals surface area contributed by atoms with Gasteiger partial charge in [0.25, 0.3) is 0 Å². The minimum atomic E-state index is 0.586. The van der Waals surface area contributed by atoms with Gasteiger partial charge in [-0.25, -0.2) is 4.68 Å². The normalized spacial score (nSPS) is 14.8. The van der Waals surface area contributed by atoms with E-state index in [1.165, 1.54) is 18.4 Å². The molecule has 1 heterocycles. The summed E-state index contributed by atoms with van der Waals surface area (Å²) in [5, 5.41) is 15.4. The van der Waals surface area contributed by atoms with E-state index in [4.69, 9.17) is 11.6 Å². The lowest BCUT2D eigenvalue weighted by molar-refractivity contribution is 0.683. The maximum atomic E-state index is 6.27.